The maximum absolute atomic E-state index is 12.6. The van der Waals surface area contributed by atoms with Gasteiger partial charge in [-0.15, -0.1) is 0 Å². The van der Waals surface area contributed by atoms with Crippen LogP contribution >= 0.6 is 12.2 Å². The monoisotopic (exact) mass is 419 g/mol. The average molecular weight is 420 g/mol. The van der Waals surface area contributed by atoms with Crippen LogP contribution in [0.2, 0.25) is 0 Å². The SMILES string of the molecule is CC(C)OC(=O)CC1C(=O)NCCN1C(=S)NC(=O)c1ccc(C(C)(C)C)cc1. The zero-order chi connectivity index (χ0) is 21.8. The van der Waals surface area contributed by atoms with Crippen molar-refractivity contribution < 1.29 is 19.1 Å². The second kappa shape index (κ2) is 9.35. The Morgan fingerprint density at radius 1 is 1.28 bits per heavy atom. The van der Waals surface area contributed by atoms with E-state index < -0.39 is 12.0 Å². The third-order valence-corrected chi connectivity index (χ3v) is 4.89. The summed E-state index contributed by atoms with van der Waals surface area (Å²) in [4.78, 5) is 38.5. The first-order valence-corrected chi connectivity index (χ1v) is 10.1. The van der Waals surface area contributed by atoms with Crippen molar-refractivity contribution >= 4 is 35.1 Å². The number of carbonyl (C=O) groups excluding carboxylic acids is 3. The first-order chi connectivity index (χ1) is 13.5. The fourth-order valence-corrected chi connectivity index (χ4v) is 3.30. The lowest BCUT2D eigenvalue weighted by Gasteiger charge is -2.36. The van der Waals surface area contributed by atoms with Crippen molar-refractivity contribution in [3.05, 3.63) is 35.4 Å². The molecule has 29 heavy (non-hydrogen) atoms. The molecule has 0 spiro atoms. The lowest BCUT2D eigenvalue weighted by molar-refractivity contribution is -0.150. The van der Waals surface area contributed by atoms with Crippen molar-refractivity contribution in [2.45, 2.75) is 58.6 Å². The standard InChI is InChI=1S/C21H29N3O4S/c1-13(2)28-17(25)12-16-19(27)22-10-11-24(16)20(29)23-18(26)14-6-8-15(9-7-14)21(3,4)5/h6-9,13,16H,10-12H2,1-5H3,(H,22,27)(H,23,26,29). The van der Waals surface area contributed by atoms with Crippen LogP contribution in [-0.2, 0) is 19.7 Å². The molecule has 1 aromatic carbocycles. The molecule has 2 amide bonds. The Labute approximate surface area is 177 Å². The Morgan fingerprint density at radius 2 is 1.90 bits per heavy atom. The third-order valence-electron chi connectivity index (χ3n) is 4.55. The number of piperazine rings is 1. The molecule has 1 aliphatic rings. The van der Waals surface area contributed by atoms with Gasteiger partial charge in [0.15, 0.2) is 5.11 Å². The molecule has 2 rings (SSSR count). The molecule has 1 heterocycles. The van der Waals surface area contributed by atoms with E-state index in [1.54, 1.807) is 30.9 Å². The third kappa shape index (κ3) is 6.25. The first-order valence-electron chi connectivity index (χ1n) is 9.68. The summed E-state index contributed by atoms with van der Waals surface area (Å²) in [5.41, 5.74) is 1.58. The number of amides is 2. The molecule has 2 N–H and O–H groups in total. The van der Waals surface area contributed by atoms with Crippen molar-refractivity contribution in [2.75, 3.05) is 13.1 Å². The van der Waals surface area contributed by atoms with Crippen LogP contribution in [0.3, 0.4) is 0 Å². The Balaban J connectivity index is 2.07. The minimum Gasteiger partial charge on any atom is -0.463 e. The number of nitrogens with one attached hydrogen (secondary N) is 2. The predicted octanol–water partition coefficient (Wildman–Crippen LogP) is 2.14. The number of rotatable bonds is 4. The van der Waals surface area contributed by atoms with Crippen molar-refractivity contribution in [3.8, 4) is 0 Å². The van der Waals surface area contributed by atoms with E-state index in [2.05, 4.69) is 31.4 Å². The lowest BCUT2D eigenvalue weighted by atomic mass is 9.87. The lowest BCUT2D eigenvalue weighted by Crippen LogP contribution is -2.60. The number of thiocarbonyl (C=S) groups is 1. The maximum atomic E-state index is 12.6. The summed E-state index contributed by atoms with van der Waals surface area (Å²) in [6.07, 6.45) is -0.411. The van der Waals surface area contributed by atoms with Crippen LogP contribution in [0, 0.1) is 0 Å². The molecular weight excluding hydrogens is 390 g/mol. The maximum Gasteiger partial charge on any atom is 0.308 e. The number of nitrogens with zero attached hydrogens (tertiary/aromatic N) is 1. The normalized spacial score (nSPS) is 17.0. The summed E-state index contributed by atoms with van der Waals surface area (Å²) in [6, 6.07) is 6.51. The highest BCUT2D eigenvalue weighted by atomic mass is 32.1. The van der Waals surface area contributed by atoms with Crippen LogP contribution in [0.25, 0.3) is 0 Å². The minimum atomic E-state index is -0.814. The van der Waals surface area contributed by atoms with E-state index in [1.165, 1.54) is 0 Å². The van der Waals surface area contributed by atoms with Gasteiger partial charge >= 0.3 is 5.97 Å². The number of hydrogen-bond donors (Lipinski definition) is 2. The smallest absolute Gasteiger partial charge is 0.308 e. The summed E-state index contributed by atoms with van der Waals surface area (Å²) in [5, 5.41) is 5.51. The Morgan fingerprint density at radius 3 is 2.45 bits per heavy atom. The van der Waals surface area contributed by atoms with Crippen LogP contribution in [0.5, 0.6) is 0 Å². The van der Waals surface area contributed by atoms with E-state index in [0.717, 1.165) is 5.56 Å². The first kappa shape index (κ1) is 22.8. The van der Waals surface area contributed by atoms with Gasteiger partial charge in [0.1, 0.15) is 6.04 Å². The van der Waals surface area contributed by atoms with Crippen LogP contribution in [-0.4, -0.2) is 53.0 Å². The summed E-state index contributed by atoms with van der Waals surface area (Å²) < 4.78 is 5.14. The van der Waals surface area contributed by atoms with Crippen LogP contribution in [0.4, 0.5) is 0 Å². The quantitative estimate of drug-likeness (QED) is 0.574. The number of carbonyl (C=O) groups is 3. The van der Waals surface area contributed by atoms with Crippen LogP contribution in [0.1, 0.15) is 57.0 Å². The second-order valence-corrected chi connectivity index (χ2v) is 8.72. The molecule has 0 radical (unpaired) electrons. The van der Waals surface area contributed by atoms with Gasteiger partial charge in [-0.25, -0.2) is 0 Å². The summed E-state index contributed by atoms with van der Waals surface area (Å²) in [5.74, 6) is -1.16. The molecule has 1 fully saturated rings. The van der Waals surface area contributed by atoms with Gasteiger partial charge in [-0.1, -0.05) is 32.9 Å². The topological polar surface area (TPSA) is 87.7 Å². The highest BCUT2D eigenvalue weighted by Gasteiger charge is 2.34. The van der Waals surface area contributed by atoms with Gasteiger partial charge in [0.25, 0.3) is 5.91 Å². The Bertz CT molecular complexity index is 784. The fraction of sp³-hybridized carbons (Fsp3) is 0.524. The molecular formula is C21H29N3O4S. The Hall–Kier alpha value is -2.48. The van der Waals surface area contributed by atoms with E-state index in [-0.39, 0.29) is 34.9 Å². The van der Waals surface area contributed by atoms with Gasteiger partial charge in [0.2, 0.25) is 5.91 Å². The van der Waals surface area contributed by atoms with Crippen LogP contribution < -0.4 is 10.6 Å². The number of esters is 1. The molecule has 158 valence electrons. The highest BCUT2D eigenvalue weighted by Crippen LogP contribution is 2.22. The molecule has 1 aliphatic heterocycles. The molecule has 1 aromatic rings. The summed E-state index contributed by atoms with van der Waals surface area (Å²) in [7, 11) is 0. The molecule has 0 aliphatic carbocycles. The van der Waals surface area contributed by atoms with Gasteiger partial charge in [-0.3, -0.25) is 19.7 Å². The minimum absolute atomic E-state index is 0.0106. The fourth-order valence-electron chi connectivity index (χ4n) is 2.99. The predicted molar refractivity (Wildman–Crippen MR) is 115 cm³/mol. The van der Waals surface area contributed by atoms with Crippen molar-refractivity contribution in [2.24, 2.45) is 0 Å². The molecule has 0 saturated carbocycles. The second-order valence-electron chi connectivity index (χ2n) is 8.33. The zero-order valence-electron chi connectivity index (χ0n) is 17.6. The number of ether oxygens (including phenoxy) is 1. The van der Waals surface area contributed by atoms with E-state index in [1.807, 2.05) is 12.1 Å². The van der Waals surface area contributed by atoms with Gasteiger partial charge in [0.05, 0.1) is 12.5 Å². The molecule has 1 saturated heterocycles. The molecule has 7 nitrogen and oxygen atoms in total. The molecule has 1 atom stereocenters. The molecule has 1 unspecified atom stereocenters. The number of benzene rings is 1. The van der Waals surface area contributed by atoms with Crippen molar-refractivity contribution in [3.63, 3.8) is 0 Å². The average Bonchev–Trinajstić information content (AvgIpc) is 2.62. The van der Waals surface area contributed by atoms with Crippen LogP contribution in [0.15, 0.2) is 24.3 Å². The molecule has 8 heteroatoms. The zero-order valence-corrected chi connectivity index (χ0v) is 18.4. The van der Waals surface area contributed by atoms with Gasteiger partial charge in [-0.2, -0.15) is 0 Å². The van der Waals surface area contributed by atoms with Gasteiger partial charge in [-0.05, 0) is 49.2 Å². The van der Waals surface area contributed by atoms with Gasteiger partial charge in [0, 0.05) is 18.7 Å². The van der Waals surface area contributed by atoms with E-state index in [9.17, 15) is 14.4 Å². The summed E-state index contributed by atoms with van der Waals surface area (Å²) in [6.45, 7) is 10.6. The van der Waals surface area contributed by atoms with E-state index >= 15 is 0 Å². The van der Waals surface area contributed by atoms with Crippen molar-refractivity contribution in [1.29, 1.82) is 0 Å². The highest BCUT2D eigenvalue weighted by molar-refractivity contribution is 7.80. The molecule has 0 bridgehead atoms. The largest absolute Gasteiger partial charge is 0.463 e. The van der Waals surface area contributed by atoms with E-state index in [0.29, 0.717) is 18.7 Å². The van der Waals surface area contributed by atoms with Crippen molar-refractivity contribution in [1.82, 2.24) is 15.5 Å². The number of hydrogen-bond acceptors (Lipinski definition) is 5. The van der Waals surface area contributed by atoms with Gasteiger partial charge < -0.3 is 15.0 Å². The summed E-state index contributed by atoms with van der Waals surface area (Å²) >= 11 is 5.37. The Kier molecular flexibility index (Phi) is 7.35. The molecule has 0 aromatic heterocycles. The van der Waals surface area contributed by atoms with E-state index in [4.69, 9.17) is 17.0 Å².